The first-order valence-corrected chi connectivity index (χ1v) is 10.2. The van der Waals surface area contributed by atoms with Crippen molar-refractivity contribution in [1.82, 2.24) is 14.7 Å². The zero-order chi connectivity index (χ0) is 18.6. The zero-order valence-corrected chi connectivity index (χ0v) is 16.2. The number of likely N-dealkylation sites (tertiary alicyclic amines) is 1. The van der Waals surface area contributed by atoms with Crippen molar-refractivity contribution < 1.29 is 9.53 Å². The third kappa shape index (κ3) is 3.82. The van der Waals surface area contributed by atoms with Crippen LogP contribution in [0.4, 0.5) is 0 Å². The molecule has 1 aromatic carbocycles. The Hall–Kier alpha value is -2.44. The maximum atomic E-state index is 13.3. The molecule has 6 heteroatoms. The van der Waals surface area contributed by atoms with Gasteiger partial charge in [-0.1, -0.05) is 24.3 Å². The summed E-state index contributed by atoms with van der Waals surface area (Å²) in [7, 11) is 0. The predicted octanol–water partition coefficient (Wildman–Crippen LogP) is 4.24. The number of carbonyl (C=O) groups excluding carboxylic acids is 1. The van der Waals surface area contributed by atoms with E-state index in [0.29, 0.717) is 18.7 Å². The van der Waals surface area contributed by atoms with Crippen molar-refractivity contribution in [3.8, 4) is 16.3 Å². The van der Waals surface area contributed by atoms with Crippen molar-refractivity contribution in [2.75, 3.05) is 19.7 Å². The molecule has 2 aromatic heterocycles. The number of piperidine rings is 1. The molecule has 1 aliphatic rings. The summed E-state index contributed by atoms with van der Waals surface area (Å²) in [6, 6.07) is 13.9. The second-order valence-corrected chi connectivity index (χ2v) is 7.57. The fraction of sp³-hybridized carbons (Fsp3) is 0.333. The van der Waals surface area contributed by atoms with Crippen LogP contribution in [0.15, 0.2) is 54.0 Å². The van der Waals surface area contributed by atoms with Gasteiger partial charge in [-0.05, 0) is 43.3 Å². The number of hydrogen-bond acceptors (Lipinski definition) is 4. The van der Waals surface area contributed by atoms with Gasteiger partial charge < -0.3 is 9.64 Å². The largest absolute Gasteiger partial charge is 0.377 e. The van der Waals surface area contributed by atoms with E-state index in [1.807, 2.05) is 65.9 Å². The third-order valence-electron chi connectivity index (χ3n) is 4.79. The van der Waals surface area contributed by atoms with E-state index >= 15 is 0 Å². The monoisotopic (exact) mass is 381 g/mol. The molecule has 1 saturated heterocycles. The number of thiophene rings is 1. The number of nitrogens with zero attached hydrogens (tertiary/aromatic N) is 3. The van der Waals surface area contributed by atoms with Crippen LogP contribution in [0.3, 0.4) is 0 Å². The number of amides is 1. The van der Waals surface area contributed by atoms with E-state index in [2.05, 4.69) is 0 Å². The topological polar surface area (TPSA) is 47.4 Å². The van der Waals surface area contributed by atoms with Gasteiger partial charge in [-0.25, -0.2) is 4.68 Å². The molecule has 5 nitrogen and oxygen atoms in total. The van der Waals surface area contributed by atoms with Crippen LogP contribution in [0.1, 0.15) is 30.1 Å². The summed E-state index contributed by atoms with van der Waals surface area (Å²) in [5.74, 6) is 0.0324. The number of para-hydroxylation sites is 1. The lowest BCUT2D eigenvalue weighted by molar-refractivity contribution is 0.00727. The SMILES string of the molecule is CCOC1CCCN(C(=O)c2cn(-c3ccccc3)nc2-c2cccs2)C1. The molecule has 0 spiro atoms. The van der Waals surface area contributed by atoms with E-state index in [-0.39, 0.29) is 12.0 Å². The van der Waals surface area contributed by atoms with Gasteiger partial charge in [-0.2, -0.15) is 5.10 Å². The first-order chi connectivity index (χ1) is 13.3. The van der Waals surface area contributed by atoms with Crippen LogP contribution in [0.2, 0.25) is 0 Å². The third-order valence-corrected chi connectivity index (χ3v) is 5.66. The van der Waals surface area contributed by atoms with Gasteiger partial charge in [0.05, 0.1) is 22.2 Å². The molecule has 0 N–H and O–H groups in total. The lowest BCUT2D eigenvalue weighted by atomic mass is 10.1. The summed E-state index contributed by atoms with van der Waals surface area (Å²) in [5.41, 5.74) is 2.34. The van der Waals surface area contributed by atoms with Gasteiger partial charge in [0.1, 0.15) is 5.69 Å². The summed E-state index contributed by atoms with van der Waals surface area (Å²) >= 11 is 1.60. The molecule has 0 bridgehead atoms. The van der Waals surface area contributed by atoms with Crippen molar-refractivity contribution in [3.63, 3.8) is 0 Å². The Bertz CT molecular complexity index is 888. The second kappa shape index (κ2) is 8.06. The molecule has 4 rings (SSSR count). The van der Waals surface area contributed by atoms with Gasteiger partial charge >= 0.3 is 0 Å². The minimum atomic E-state index is 0.0324. The first-order valence-electron chi connectivity index (χ1n) is 9.36. The minimum absolute atomic E-state index is 0.0324. The van der Waals surface area contributed by atoms with E-state index in [4.69, 9.17) is 9.84 Å². The fourth-order valence-corrected chi connectivity index (χ4v) is 4.23. The molecular formula is C21H23N3O2S. The molecule has 27 heavy (non-hydrogen) atoms. The molecule has 3 aromatic rings. The number of carbonyl (C=O) groups is 1. The molecule has 0 aliphatic carbocycles. The second-order valence-electron chi connectivity index (χ2n) is 6.62. The van der Waals surface area contributed by atoms with Crippen LogP contribution in [0, 0.1) is 0 Å². The summed E-state index contributed by atoms with van der Waals surface area (Å²) < 4.78 is 7.56. The maximum Gasteiger partial charge on any atom is 0.257 e. The van der Waals surface area contributed by atoms with Crippen LogP contribution in [0.5, 0.6) is 0 Å². The van der Waals surface area contributed by atoms with Crippen molar-refractivity contribution in [3.05, 3.63) is 59.6 Å². The van der Waals surface area contributed by atoms with Crippen LogP contribution in [-0.4, -0.2) is 46.4 Å². The highest BCUT2D eigenvalue weighted by atomic mass is 32.1. The lowest BCUT2D eigenvalue weighted by Crippen LogP contribution is -2.43. The van der Waals surface area contributed by atoms with Gasteiger partial charge in [0.2, 0.25) is 0 Å². The number of ether oxygens (including phenoxy) is 1. The fourth-order valence-electron chi connectivity index (χ4n) is 3.50. The Morgan fingerprint density at radius 2 is 2.11 bits per heavy atom. The molecule has 1 amide bonds. The summed E-state index contributed by atoms with van der Waals surface area (Å²) in [6.45, 7) is 4.09. The standard InChI is InChI=1S/C21H23N3O2S/c1-2-26-17-10-6-12-23(14-17)21(25)18-15-24(16-8-4-3-5-9-16)22-20(18)19-11-7-13-27-19/h3-5,7-9,11,13,15,17H,2,6,10,12,14H2,1H3. The number of benzene rings is 1. The van der Waals surface area contributed by atoms with E-state index in [0.717, 1.165) is 35.6 Å². The van der Waals surface area contributed by atoms with Gasteiger partial charge in [0.25, 0.3) is 5.91 Å². The number of aromatic nitrogens is 2. The average Bonchev–Trinajstić information content (AvgIpc) is 3.38. The van der Waals surface area contributed by atoms with Crippen LogP contribution in [0.25, 0.3) is 16.3 Å². The van der Waals surface area contributed by atoms with Gasteiger partial charge in [-0.3, -0.25) is 4.79 Å². The highest BCUT2D eigenvalue weighted by Gasteiger charge is 2.28. The Kier molecular flexibility index (Phi) is 5.36. The molecule has 0 radical (unpaired) electrons. The van der Waals surface area contributed by atoms with Crippen molar-refractivity contribution in [2.45, 2.75) is 25.9 Å². The Morgan fingerprint density at radius 3 is 2.85 bits per heavy atom. The molecule has 1 fully saturated rings. The zero-order valence-electron chi connectivity index (χ0n) is 15.4. The first kappa shape index (κ1) is 17.9. The number of hydrogen-bond donors (Lipinski definition) is 0. The van der Waals surface area contributed by atoms with Gasteiger partial charge in [0, 0.05) is 25.9 Å². The van der Waals surface area contributed by atoms with Gasteiger partial charge in [-0.15, -0.1) is 11.3 Å². The maximum absolute atomic E-state index is 13.3. The molecule has 3 heterocycles. The number of rotatable bonds is 5. The average molecular weight is 382 g/mol. The van der Waals surface area contributed by atoms with Crippen LogP contribution >= 0.6 is 11.3 Å². The normalized spacial score (nSPS) is 17.2. The Morgan fingerprint density at radius 1 is 1.26 bits per heavy atom. The van der Waals surface area contributed by atoms with Crippen LogP contribution in [-0.2, 0) is 4.74 Å². The highest BCUT2D eigenvalue weighted by Crippen LogP contribution is 2.29. The van der Waals surface area contributed by atoms with Crippen molar-refractivity contribution >= 4 is 17.2 Å². The van der Waals surface area contributed by atoms with Crippen LogP contribution < -0.4 is 0 Å². The quantitative estimate of drug-likeness (QED) is 0.664. The molecule has 0 saturated carbocycles. The van der Waals surface area contributed by atoms with E-state index < -0.39 is 0 Å². The summed E-state index contributed by atoms with van der Waals surface area (Å²) in [4.78, 5) is 16.2. The van der Waals surface area contributed by atoms with Crippen molar-refractivity contribution in [2.24, 2.45) is 0 Å². The summed E-state index contributed by atoms with van der Waals surface area (Å²) in [5, 5.41) is 6.75. The van der Waals surface area contributed by atoms with E-state index in [9.17, 15) is 4.79 Å². The molecule has 140 valence electrons. The van der Waals surface area contributed by atoms with Crippen molar-refractivity contribution in [1.29, 1.82) is 0 Å². The molecule has 1 atom stereocenters. The van der Waals surface area contributed by atoms with Gasteiger partial charge in [0.15, 0.2) is 0 Å². The Balaban J connectivity index is 1.68. The van der Waals surface area contributed by atoms with E-state index in [1.54, 1.807) is 16.0 Å². The minimum Gasteiger partial charge on any atom is -0.377 e. The predicted molar refractivity (Wildman–Crippen MR) is 107 cm³/mol. The lowest BCUT2D eigenvalue weighted by Gasteiger charge is -2.32. The molecular weight excluding hydrogens is 358 g/mol. The highest BCUT2D eigenvalue weighted by molar-refractivity contribution is 7.13. The smallest absolute Gasteiger partial charge is 0.257 e. The molecule has 1 unspecified atom stereocenters. The summed E-state index contributed by atoms with van der Waals surface area (Å²) in [6.07, 6.45) is 3.97. The Labute approximate surface area is 163 Å². The van der Waals surface area contributed by atoms with E-state index in [1.165, 1.54) is 0 Å². The molecule has 1 aliphatic heterocycles.